The van der Waals surface area contributed by atoms with Crippen LogP contribution >= 0.6 is 15.9 Å². The zero-order valence-corrected chi connectivity index (χ0v) is 13.4. The first-order valence-electron chi connectivity index (χ1n) is 6.81. The first-order chi connectivity index (χ1) is 11.6. The molecule has 24 heavy (non-hydrogen) atoms. The Hall–Kier alpha value is -2.81. The molecule has 9 heteroatoms. The summed E-state index contributed by atoms with van der Waals surface area (Å²) in [4.78, 5) is 14.9. The Labute approximate surface area is 141 Å². The van der Waals surface area contributed by atoms with Crippen LogP contribution in [-0.2, 0) is 0 Å². The zero-order valence-electron chi connectivity index (χ0n) is 11.8. The molecule has 0 bridgehead atoms. The van der Waals surface area contributed by atoms with Crippen molar-refractivity contribution in [3.63, 3.8) is 0 Å². The lowest BCUT2D eigenvalue weighted by atomic mass is 10.2. The third-order valence-electron chi connectivity index (χ3n) is 3.59. The van der Waals surface area contributed by atoms with E-state index in [1.807, 2.05) is 0 Å². The van der Waals surface area contributed by atoms with Gasteiger partial charge in [-0.2, -0.15) is 10.2 Å². The average Bonchev–Trinajstić information content (AvgIpc) is 3.19. The van der Waals surface area contributed by atoms with Crippen LogP contribution in [0.5, 0.6) is 0 Å². The van der Waals surface area contributed by atoms with Crippen LogP contribution in [0.3, 0.4) is 0 Å². The molecule has 4 aromatic rings. The first kappa shape index (κ1) is 14.8. The number of nitrogens with zero attached hydrogens (tertiary/aromatic N) is 3. The Morgan fingerprint density at radius 1 is 1.17 bits per heavy atom. The summed E-state index contributed by atoms with van der Waals surface area (Å²) in [5.74, 6) is -1.57. The van der Waals surface area contributed by atoms with Crippen LogP contribution in [0, 0.1) is 11.6 Å². The number of para-hydroxylation sites is 1. The standard InChI is InChI=1S/C15H8BrF2N5O/c16-8-6-19-15(24)11-12(7-4-20-21-5-7)22-23(13(8)11)14-9(17)2-1-3-10(14)18/h1-6H,(H,19,24)(H,20,21). The maximum absolute atomic E-state index is 14.2. The predicted molar refractivity (Wildman–Crippen MR) is 86.9 cm³/mol. The number of hydrogen-bond acceptors (Lipinski definition) is 3. The molecule has 4 rings (SSSR count). The van der Waals surface area contributed by atoms with Crippen molar-refractivity contribution in [2.24, 2.45) is 0 Å². The fraction of sp³-hybridized carbons (Fsp3) is 0. The average molecular weight is 392 g/mol. The van der Waals surface area contributed by atoms with Crippen molar-refractivity contribution in [2.45, 2.75) is 0 Å². The fourth-order valence-electron chi connectivity index (χ4n) is 2.56. The molecule has 0 amide bonds. The normalized spacial score (nSPS) is 11.3. The second-order valence-electron chi connectivity index (χ2n) is 5.01. The number of hydrogen-bond donors (Lipinski definition) is 2. The fourth-order valence-corrected chi connectivity index (χ4v) is 3.04. The summed E-state index contributed by atoms with van der Waals surface area (Å²) in [7, 11) is 0. The molecule has 0 aliphatic carbocycles. The quantitative estimate of drug-likeness (QED) is 0.550. The number of pyridine rings is 1. The van der Waals surface area contributed by atoms with Crippen molar-refractivity contribution in [2.75, 3.05) is 0 Å². The van der Waals surface area contributed by atoms with Crippen molar-refractivity contribution in [1.82, 2.24) is 25.0 Å². The molecule has 0 spiro atoms. The smallest absolute Gasteiger partial charge is 0.259 e. The summed E-state index contributed by atoms with van der Waals surface area (Å²) in [6.07, 6.45) is 4.43. The molecule has 3 heterocycles. The van der Waals surface area contributed by atoms with Gasteiger partial charge in [0.05, 0.1) is 21.6 Å². The van der Waals surface area contributed by atoms with Gasteiger partial charge in [-0.1, -0.05) is 6.07 Å². The van der Waals surface area contributed by atoms with Gasteiger partial charge in [0, 0.05) is 18.0 Å². The van der Waals surface area contributed by atoms with Gasteiger partial charge in [-0.15, -0.1) is 0 Å². The molecule has 0 aliphatic rings. The minimum Gasteiger partial charge on any atom is -0.327 e. The number of aromatic nitrogens is 5. The van der Waals surface area contributed by atoms with Crippen molar-refractivity contribution < 1.29 is 8.78 Å². The molecule has 0 atom stereocenters. The van der Waals surface area contributed by atoms with E-state index in [-0.39, 0.29) is 22.3 Å². The highest BCUT2D eigenvalue weighted by atomic mass is 79.9. The Kier molecular flexibility index (Phi) is 3.31. The van der Waals surface area contributed by atoms with Gasteiger partial charge in [0.15, 0.2) is 11.6 Å². The second-order valence-corrected chi connectivity index (χ2v) is 5.86. The molecule has 0 aliphatic heterocycles. The van der Waals surface area contributed by atoms with Crippen molar-refractivity contribution in [3.8, 4) is 16.9 Å². The van der Waals surface area contributed by atoms with E-state index in [0.29, 0.717) is 10.0 Å². The molecule has 0 fully saturated rings. The number of halogens is 3. The molecule has 0 unspecified atom stereocenters. The van der Waals surface area contributed by atoms with Gasteiger partial charge in [0.1, 0.15) is 11.4 Å². The molecule has 3 aromatic heterocycles. The van der Waals surface area contributed by atoms with Crippen LogP contribution in [0.25, 0.3) is 27.8 Å². The number of rotatable bonds is 2. The van der Waals surface area contributed by atoms with E-state index in [1.54, 1.807) is 6.20 Å². The first-order valence-corrected chi connectivity index (χ1v) is 7.60. The molecule has 0 radical (unpaired) electrons. The largest absolute Gasteiger partial charge is 0.327 e. The Bertz CT molecular complexity index is 1100. The number of nitrogens with one attached hydrogen (secondary N) is 2. The monoisotopic (exact) mass is 391 g/mol. The number of benzene rings is 1. The predicted octanol–water partition coefficient (Wildman–Crippen LogP) is 3.14. The summed E-state index contributed by atoms with van der Waals surface area (Å²) < 4.78 is 30.0. The number of aromatic amines is 2. The van der Waals surface area contributed by atoms with Crippen LogP contribution in [0.4, 0.5) is 8.78 Å². The minimum atomic E-state index is -0.787. The van der Waals surface area contributed by atoms with E-state index >= 15 is 0 Å². The Balaban J connectivity index is 2.19. The van der Waals surface area contributed by atoms with E-state index < -0.39 is 17.2 Å². The van der Waals surface area contributed by atoms with Gasteiger partial charge < -0.3 is 4.98 Å². The highest BCUT2D eigenvalue weighted by molar-refractivity contribution is 9.10. The summed E-state index contributed by atoms with van der Waals surface area (Å²) in [5.41, 5.74) is 0.276. The van der Waals surface area contributed by atoms with Crippen LogP contribution < -0.4 is 5.56 Å². The highest BCUT2D eigenvalue weighted by Gasteiger charge is 2.23. The minimum absolute atomic E-state index is 0.202. The van der Waals surface area contributed by atoms with Crippen molar-refractivity contribution in [3.05, 3.63) is 63.3 Å². The van der Waals surface area contributed by atoms with Crippen molar-refractivity contribution >= 4 is 26.8 Å². The van der Waals surface area contributed by atoms with Gasteiger partial charge in [0.2, 0.25) is 0 Å². The highest BCUT2D eigenvalue weighted by Crippen LogP contribution is 2.32. The van der Waals surface area contributed by atoms with Crippen molar-refractivity contribution in [1.29, 1.82) is 0 Å². The van der Waals surface area contributed by atoms with Crippen LogP contribution in [0.15, 0.2) is 46.1 Å². The second kappa shape index (κ2) is 5.38. The van der Waals surface area contributed by atoms with E-state index in [0.717, 1.165) is 16.8 Å². The molecule has 0 saturated heterocycles. The van der Waals surface area contributed by atoms with Crippen LogP contribution in [-0.4, -0.2) is 25.0 Å². The molecular weight excluding hydrogens is 384 g/mol. The number of fused-ring (bicyclic) bond motifs is 1. The van der Waals surface area contributed by atoms with Crippen LogP contribution in [0.1, 0.15) is 0 Å². The third kappa shape index (κ3) is 2.08. The molecule has 120 valence electrons. The lowest BCUT2D eigenvalue weighted by Crippen LogP contribution is -2.07. The maximum atomic E-state index is 14.2. The number of H-pyrrole nitrogens is 2. The van der Waals surface area contributed by atoms with Crippen LogP contribution in [0.2, 0.25) is 0 Å². The zero-order chi connectivity index (χ0) is 16.8. The lowest BCUT2D eigenvalue weighted by Gasteiger charge is -2.07. The summed E-state index contributed by atoms with van der Waals surface area (Å²) >= 11 is 3.31. The SMILES string of the molecule is O=c1[nH]cc(Br)c2c1c(-c1cn[nH]c1)nn2-c1c(F)cccc1F. The topological polar surface area (TPSA) is 79.4 Å². The maximum Gasteiger partial charge on any atom is 0.259 e. The Morgan fingerprint density at radius 2 is 1.92 bits per heavy atom. The molecule has 6 nitrogen and oxygen atoms in total. The lowest BCUT2D eigenvalue weighted by molar-refractivity contribution is 0.563. The van der Waals surface area contributed by atoms with E-state index in [4.69, 9.17) is 0 Å². The van der Waals surface area contributed by atoms with Gasteiger partial charge in [-0.25, -0.2) is 13.5 Å². The van der Waals surface area contributed by atoms with E-state index in [9.17, 15) is 13.6 Å². The van der Waals surface area contributed by atoms with Gasteiger partial charge in [-0.05, 0) is 28.1 Å². The van der Waals surface area contributed by atoms with E-state index in [2.05, 4.69) is 36.2 Å². The summed E-state index contributed by atoms with van der Waals surface area (Å²) in [6.45, 7) is 0. The molecular formula is C15H8BrF2N5O. The van der Waals surface area contributed by atoms with Gasteiger partial charge in [0.25, 0.3) is 5.56 Å². The summed E-state index contributed by atoms with van der Waals surface area (Å²) in [5, 5.41) is 10.9. The Morgan fingerprint density at radius 3 is 2.58 bits per heavy atom. The van der Waals surface area contributed by atoms with Gasteiger partial charge in [-0.3, -0.25) is 9.89 Å². The third-order valence-corrected chi connectivity index (χ3v) is 4.19. The molecule has 2 N–H and O–H groups in total. The summed E-state index contributed by atoms with van der Waals surface area (Å²) in [6, 6.07) is 3.52. The molecule has 1 aromatic carbocycles. The van der Waals surface area contributed by atoms with E-state index in [1.165, 1.54) is 18.5 Å². The van der Waals surface area contributed by atoms with Gasteiger partial charge >= 0.3 is 0 Å². The molecule has 0 saturated carbocycles.